The van der Waals surface area contributed by atoms with Crippen molar-refractivity contribution in [3.8, 4) is 0 Å². The van der Waals surface area contributed by atoms with Gasteiger partial charge in [-0.1, -0.05) is 0 Å². The van der Waals surface area contributed by atoms with Gasteiger partial charge in [-0.25, -0.2) is 4.99 Å². The van der Waals surface area contributed by atoms with E-state index in [0.29, 0.717) is 0 Å². The van der Waals surface area contributed by atoms with Crippen LogP contribution in [0.25, 0.3) is 0 Å². The molecule has 0 spiro atoms. The molecule has 0 aromatic carbocycles. The van der Waals surface area contributed by atoms with Crippen molar-refractivity contribution in [2.24, 2.45) is 9.98 Å². The van der Waals surface area contributed by atoms with Crippen molar-refractivity contribution in [2.45, 2.75) is 19.4 Å². The average Bonchev–Trinajstić information content (AvgIpc) is 2.16. The molecule has 0 unspecified atom stereocenters. The van der Waals surface area contributed by atoms with E-state index in [2.05, 4.69) is 28.7 Å². The van der Waals surface area contributed by atoms with Crippen LogP contribution in [0.5, 0.6) is 0 Å². The van der Waals surface area contributed by atoms with Gasteiger partial charge in [0.2, 0.25) is 0 Å². The molecule has 2 heterocycles. The lowest BCUT2D eigenvalue weighted by Gasteiger charge is -2.35. The molecule has 0 aromatic heterocycles. The number of hydrogen-bond donors (Lipinski definition) is 0. The monoisotopic (exact) mass is 161 g/mol. The highest BCUT2D eigenvalue weighted by molar-refractivity contribution is 6.04. The molecule has 3 nitrogen and oxygen atoms in total. The lowest BCUT2D eigenvalue weighted by molar-refractivity contribution is 0.388. The first-order chi connectivity index (χ1) is 5.71. The minimum Gasteiger partial charge on any atom is -0.326 e. The molecule has 0 N–H and O–H groups in total. The van der Waals surface area contributed by atoms with Crippen molar-refractivity contribution in [2.75, 3.05) is 0 Å². The third kappa shape index (κ3) is 0.897. The van der Waals surface area contributed by atoms with Gasteiger partial charge in [0.05, 0.1) is 17.6 Å². The van der Waals surface area contributed by atoms with Crippen LogP contribution in [0.1, 0.15) is 13.8 Å². The molecule has 3 heteroatoms. The Bertz CT molecular complexity index is 300. The van der Waals surface area contributed by atoms with Crippen LogP contribution < -0.4 is 0 Å². The van der Waals surface area contributed by atoms with Gasteiger partial charge in [-0.15, -0.1) is 0 Å². The third-order valence-electron chi connectivity index (χ3n) is 2.22. The van der Waals surface area contributed by atoms with E-state index in [-0.39, 0.29) is 5.54 Å². The molecule has 2 aliphatic heterocycles. The standard InChI is InChI=1S/C9H11N3/c1-9(2)8-3-4-10-7-12(9)6-5-11-8/h3-7H,1-2H3. The predicted octanol–water partition coefficient (Wildman–Crippen LogP) is 1.55. The average molecular weight is 161 g/mol. The van der Waals surface area contributed by atoms with Gasteiger partial charge in [-0.2, -0.15) is 0 Å². The molecule has 2 bridgehead atoms. The molecule has 0 saturated heterocycles. The van der Waals surface area contributed by atoms with E-state index in [1.54, 1.807) is 12.4 Å². The summed E-state index contributed by atoms with van der Waals surface area (Å²) in [6, 6.07) is 0. The summed E-state index contributed by atoms with van der Waals surface area (Å²) in [7, 11) is 0. The SMILES string of the molecule is CC1(C)C2=NC=CN1C=NC=C2. The first-order valence-electron chi connectivity index (χ1n) is 3.94. The first-order valence-corrected chi connectivity index (χ1v) is 3.94. The van der Waals surface area contributed by atoms with E-state index >= 15 is 0 Å². The maximum atomic E-state index is 4.29. The fraction of sp³-hybridized carbons (Fsp3) is 0.333. The topological polar surface area (TPSA) is 28.0 Å². The van der Waals surface area contributed by atoms with Gasteiger partial charge in [0, 0.05) is 18.6 Å². The molecule has 0 aromatic rings. The van der Waals surface area contributed by atoms with Crippen molar-refractivity contribution >= 4 is 12.1 Å². The summed E-state index contributed by atoms with van der Waals surface area (Å²) in [5.41, 5.74) is 0.980. The van der Waals surface area contributed by atoms with Crippen LogP contribution in [0.2, 0.25) is 0 Å². The molecule has 62 valence electrons. The molecule has 0 radical (unpaired) electrons. The van der Waals surface area contributed by atoms with Crippen molar-refractivity contribution in [1.82, 2.24) is 4.90 Å². The van der Waals surface area contributed by atoms with E-state index in [1.807, 2.05) is 18.6 Å². The molecule has 12 heavy (non-hydrogen) atoms. The largest absolute Gasteiger partial charge is 0.326 e. The minimum atomic E-state index is -0.0642. The van der Waals surface area contributed by atoms with E-state index < -0.39 is 0 Å². The van der Waals surface area contributed by atoms with Gasteiger partial charge in [-0.3, -0.25) is 4.99 Å². The van der Waals surface area contributed by atoms with Gasteiger partial charge in [0.15, 0.2) is 0 Å². The number of hydrogen-bond acceptors (Lipinski definition) is 3. The molecule has 0 aliphatic carbocycles. The summed E-state index contributed by atoms with van der Waals surface area (Å²) >= 11 is 0. The normalized spacial score (nSPS) is 23.8. The second kappa shape index (κ2) is 2.30. The summed E-state index contributed by atoms with van der Waals surface area (Å²) in [5, 5.41) is 0. The molecular formula is C9H11N3. The fourth-order valence-corrected chi connectivity index (χ4v) is 1.32. The molecular weight excluding hydrogens is 150 g/mol. The highest BCUT2D eigenvalue weighted by Crippen LogP contribution is 2.21. The lowest BCUT2D eigenvalue weighted by Crippen LogP contribution is -2.46. The number of fused-ring (bicyclic) bond motifs is 2. The second-order valence-corrected chi connectivity index (χ2v) is 3.36. The Morgan fingerprint density at radius 2 is 2.17 bits per heavy atom. The van der Waals surface area contributed by atoms with Gasteiger partial charge in [-0.05, 0) is 19.9 Å². The van der Waals surface area contributed by atoms with Crippen LogP contribution in [-0.2, 0) is 0 Å². The quantitative estimate of drug-likeness (QED) is 0.529. The van der Waals surface area contributed by atoms with Gasteiger partial charge in [0.1, 0.15) is 0 Å². The van der Waals surface area contributed by atoms with Crippen LogP contribution >= 0.6 is 0 Å². The smallest absolute Gasteiger partial charge is 0.0953 e. The first kappa shape index (κ1) is 7.28. The summed E-state index contributed by atoms with van der Waals surface area (Å²) in [5.74, 6) is 0. The highest BCUT2D eigenvalue weighted by Gasteiger charge is 2.30. The zero-order chi connectivity index (χ0) is 8.60. The van der Waals surface area contributed by atoms with Crippen LogP contribution in [0.4, 0.5) is 0 Å². The maximum Gasteiger partial charge on any atom is 0.0953 e. The molecule has 2 rings (SSSR count). The Kier molecular flexibility index (Phi) is 1.40. The Labute approximate surface area is 71.8 Å². The van der Waals surface area contributed by atoms with E-state index in [9.17, 15) is 0 Å². The zero-order valence-corrected chi connectivity index (χ0v) is 7.23. The fourth-order valence-electron chi connectivity index (χ4n) is 1.32. The van der Waals surface area contributed by atoms with Crippen molar-refractivity contribution < 1.29 is 0 Å². The van der Waals surface area contributed by atoms with E-state index in [1.165, 1.54) is 0 Å². The lowest BCUT2D eigenvalue weighted by atomic mass is 9.95. The highest BCUT2D eigenvalue weighted by atomic mass is 15.2. The van der Waals surface area contributed by atoms with Crippen molar-refractivity contribution in [3.05, 3.63) is 24.7 Å². The Morgan fingerprint density at radius 1 is 1.33 bits per heavy atom. The van der Waals surface area contributed by atoms with Crippen molar-refractivity contribution in [1.29, 1.82) is 0 Å². The predicted molar refractivity (Wildman–Crippen MR) is 50.1 cm³/mol. The third-order valence-corrected chi connectivity index (χ3v) is 2.22. The minimum absolute atomic E-state index is 0.0642. The van der Waals surface area contributed by atoms with Crippen LogP contribution in [0, 0.1) is 0 Å². The summed E-state index contributed by atoms with van der Waals surface area (Å²) in [6.45, 7) is 4.24. The summed E-state index contributed by atoms with van der Waals surface area (Å²) in [6.07, 6.45) is 9.25. The Hall–Kier alpha value is -1.38. The van der Waals surface area contributed by atoms with Gasteiger partial charge in [0.25, 0.3) is 0 Å². The van der Waals surface area contributed by atoms with Crippen LogP contribution in [-0.4, -0.2) is 22.5 Å². The summed E-state index contributed by atoms with van der Waals surface area (Å²) in [4.78, 5) is 10.4. The number of aliphatic imine (C=N–C) groups is 2. The molecule has 0 atom stereocenters. The van der Waals surface area contributed by atoms with Gasteiger partial charge >= 0.3 is 0 Å². The molecule has 0 fully saturated rings. The van der Waals surface area contributed by atoms with E-state index in [0.717, 1.165) is 5.71 Å². The van der Waals surface area contributed by atoms with Crippen LogP contribution in [0.15, 0.2) is 34.7 Å². The summed E-state index contributed by atoms with van der Waals surface area (Å²) < 4.78 is 0. The molecule has 0 amide bonds. The molecule has 0 saturated carbocycles. The molecule has 2 aliphatic rings. The van der Waals surface area contributed by atoms with E-state index in [4.69, 9.17) is 0 Å². The number of rotatable bonds is 0. The Morgan fingerprint density at radius 3 is 3.00 bits per heavy atom. The van der Waals surface area contributed by atoms with Gasteiger partial charge < -0.3 is 4.90 Å². The second-order valence-electron chi connectivity index (χ2n) is 3.36. The van der Waals surface area contributed by atoms with Crippen molar-refractivity contribution in [3.63, 3.8) is 0 Å². The van der Waals surface area contributed by atoms with Crippen LogP contribution in [0.3, 0.4) is 0 Å². The number of nitrogens with zero attached hydrogens (tertiary/aromatic N) is 3. The Balaban J connectivity index is 2.53. The zero-order valence-electron chi connectivity index (χ0n) is 7.23. The maximum absolute atomic E-state index is 4.29.